The van der Waals surface area contributed by atoms with Crippen LogP contribution in [0.25, 0.3) is 0 Å². The van der Waals surface area contributed by atoms with Crippen molar-refractivity contribution in [3.63, 3.8) is 0 Å². The van der Waals surface area contributed by atoms with Crippen molar-refractivity contribution in [1.82, 2.24) is 10.2 Å². The number of alkyl halides is 3. The molecule has 1 heterocycles. The first kappa shape index (κ1) is 19.0. The van der Waals surface area contributed by atoms with Gasteiger partial charge in [0.25, 0.3) is 5.91 Å². The number of benzene rings is 1. The SMILES string of the molecule is O=C(CN1C(=O)NC2(CCCCC2)C1=O)Nc1ccc(OC(F)(F)F)cc1. The zero-order chi connectivity index (χ0) is 19.7. The number of ether oxygens (including phenoxy) is 1. The number of urea groups is 1. The molecule has 1 aliphatic carbocycles. The highest BCUT2D eigenvalue weighted by Crippen LogP contribution is 2.33. The van der Waals surface area contributed by atoms with E-state index in [9.17, 15) is 27.6 Å². The first-order valence-electron chi connectivity index (χ1n) is 8.48. The predicted molar refractivity (Wildman–Crippen MR) is 87.8 cm³/mol. The number of carbonyl (C=O) groups excluding carboxylic acids is 3. The number of nitrogens with zero attached hydrogens (tertiary/aromatic N) is 1. The predicted octanol–water partition coefficient (Wildman–Crippen LogP) is 2.78. The highest BCUT2D eigenvalue weighted by atomic mass is 19.4. The molecule has 0 unspecified atom stereocenters. The summed E-state index contributed by atoms with van der Waals surface area (Å²) >= 11 is 0. The van der Waals surface area contributed by atoms with E-state index in [0.717, 1.165) is 36.3 Å². The Morgan fingerprint density at radius 1 is 1.15 bits per heavy atom. The summed E-state index contributed by atoms with van der Waals surface area (Å²) in [7, 11) is 0. The van der Waals surface area contributed by atoms with Crippen molar-refractivity contribution in [1.29, 1.82) is 0 Å². The minimum atomic E-state index is -4.80. The maximum Gasteiger partial charge on any atom is 0.573 e. The van der Waals surface area contributed by atoms with Gasteiger partial charge in [0.15, 0.2) is 0 Å². The average Bonchev–Trinajstić information content (AvgIpc) is 2.80. The zero-order valence-electron chi connectivity index (χ0n) is 14.3. The van der Waals surface area contributed by atoms with E-state index >= 15 is 0 Å². The molecular weight excluding hydrogens is 367 g/mol. The maximum atomic E-state index is 12.6. The van der Waals surface area contributed by atoms with E-state index in [1.54, 1.807) is 0 Å². The first-order valence-corrected chi connectivity index (χ1v) is 8.48. The van der Waals surface area contributed by atoms with E-state index in [1.165, 1.54) is 12.1 Å². The van der Waals surface area contributed by atoms with Crippen LogP contribution < -0.4 is 15.4 Å². The number of hydrogen-bond donors (Lipinski definition) is 2. The monoisotopic (exact) mass is 385 g/mol. The lowest BCUT2D eigenvalue weighted by atomic mass is 9.82. The second kappa shape index (κ2) is 7.09. The zero-order valence-corrected chi connectivity index (χ0v) is 14.3. The second-order valence-electron chi connectivity index (χ2n) is 6.58. The molecule has 1 saturated carbocycles. The number of amides is 4. The summed E-state index contributed by atoms with van der Waals surface area (Å²) in [6.07, 6.45) is -1.04. The summed E-state index contributed by atoms with van der Waals surface area (Å²) in [5.41, 5.74) is -0.694. The Morgan fingerprint density at radius 3 is 2.37 bits per heavy atom. The fourth-order valence-corrected chi connectivity index (χ4v) is 3.40. The first-order chi connectivity index (χ1) is 12.7. The van der Waals surface area contributed by atoms with Gasteiger partial charge in [-0.3, -0.25) is 14.5 Å². The molecular formula is C17H18F3N3O4. The van der Waals surface area contributed by atoms with Crippen LogP contribution in [0.3, 0.4) is 0 Å². The summed E-state index contributed by atoms with van der Waals surface area (Å²) in [5.74, 6) is -1.46. The third kappa shape index (κ3) is 4.32. The Balaban J connectivity index is 1.59. The molecule has 146 valence electrons. The second-order valence-corrected chi connectivity index (χ2v) is 6.58. The van der Waals surface area contributed by atoms with Crippen LogP contribution in [0, 0.1) is 0 Å². The fraction of sp³-hybridized carbons (Fsp3) is 0.471. The van der Waals surface area contributed by atoms with E-state index < -0.39 is 42.0 Å². The van der Waals surface area contributed by atoms with Crippen LogP contribution in [0.1, 0.15) is 32.1 Å². The van der Waals surface area contributed by atoms with Crippen LogP contribution >= 0.6 is 0 Å². The van der Waals surface area contributed by atoms with Crippen molar-refractivity contribution in [3.8, 4) is 5.75 Å². The van der Waals surface area contributed by atoms with Gasteiger partial charge in [-0.05, 0) is 37.1 Å². The van der Waals surface area contributed by atoms with E-state index in [2.05, 4.69) is 15.4 Å². The van der Waals surface area contributed by atoms with Gasteiger partial charge in [0.1, 0.15) is 17.8 Å². The molecule has 2 aliphatic rings. The molecule has 1 saturated heterocycles. The minimum absolute atomic E-state index is 0.217. The number of halogens is 3. The lowest BCUT2D eigenvalue weighted by Gasteiger charge is -2.30. The molecule has 1 aromatic carbocycles. The molecule has 0 aromatic heterocycles. The van der Waals surface area contributed by atoms with Crippen LogP contribution in [0.15, 0.2) is 24.3 Å². The van der Waals surface area contributed by atoms with Gasteiger partial charge in [-0.25, -0.2) is 4.79 Å². The highest BCUT2D eigenvalue weighted by molar-refractivity contribution is 6.10. The third-order valence-electron chi connectivity index (χ3n) is 4.63. The molecule has 1 aromatic rings. The number of carbonyl (C=O) groups is 3. The van der Waals surface area contributed by atoms with E-state index in [4.69, 9.17) is 0 Å². The van der Waals surface area contributed by atoms with Crippen LogP contribution in [-0.2, 0) is 9.59 Å². The molecule has 27 heavy (non-hydrogen) atoms. The van der Waals surface area contributed by atoms with Gasteiger partial charge in [-0.1, -0.05) is 19.3 Å². The molecule has 1 spiro atoms. The van der Waals surface area contributed by atoms with Crippen molar-refractivity contribution in [2.45, 2.75) is 44.0 Å². The van der Waals surface area contributed by atoms with Crippen LogP contribution in [-0.4, -0.2) is 41.2 Å². The van der Waals surface area contributed by atoms with Gasteiger partial charge in [-0.2, -0.15) is 0 Å². The van der Waals surface area contributed by atoms with E-state index in [-0.39, 0.29) is 5.69 Å². The van der Waals surface area contributed by atoms with E-state index in [1.807, 2.05) is 0 Å². The summed E-state index contributed by atoms with van der Waals surface area (Å²) < 4.78 is 40.2. The number of rotatable bonds is 4. The van der Waals surface area contributed by atoms with Crippen LogP contribution in [0.4, 0.5) is 23.7 Å². The third-order valence-corrected chi connectivity index (χ3v) is 4.63. The summed E-state index contributed by atoms with van der Waals surface area (Å²) in [4.78, 5) is 37.7. The quantitative estimate of drug-likeness (QED) is 0.781. The van der Waals surface area contributed by atoms with Gasteiger partial charge < -0.3 is 15.4 Å². The minimum Gasteiger partial charge on any atom is -0.406 e. The Bertz CT molecular complexity index is 743. The van der Waals surface area contributed by atoms with Gasteiger partial charge in [-0.15, -0.1) is 13.2 Å². The Hall–Kier alpha value is -2.78. The smallest absolute Gasteiger partial charge is 0.406 e. The van der Waals surface area contributed by atoms with Crippen molar-refractivity contribution in [2.75, 3.05) is 11.9 Å². The van der Waals surface area contributed by atoms with Crippen molar-refractivity contribution < 1.29 is 32.3 Å². The Kier molecular flexibility index (Phi) is 4.99. The molecule has 3 rings (SSSR count). The number of anilines is 1. The fourth-order valence-electron chi connectivity index (χ4n) is 3.40. The number of hydrogen-bond acceptors (Lipinski definition) is 4. The standard InChI is InChI=1S/C17H18F3N3O4/c18-17(19,20)27-12-6-4-11(5-7-12)21-13(24)10-23-14(25)16(22-15(23)26)8-2-1-3-9-16/h4-7H,1-3,8-10H2,(H,21,24)(H,22,26). The molecule has 2 N–H and O–H groups in total. The van der Waals surface area contributed by atoms with E-state index in [0.29, 0.717) is 12.8 Å². The molecule has 2 fully saturated rings. The van der Waals surface area contributed by atoms with Gasteiger partial charge in [0, 0.05) is 5.69 Å². The number of nitrogens with one attached hydrogen (secondary N) is 2. The Morgan fingerprint density at radius 2 is 1.78 bits per heavy atom. The summed E-state index contributed by atoms with van der Waals surface area (Å²) in [5, 5.41) is 5.14. The van der Waals surface area contributed by atoms with Crippen LogP contribution in [0.2, 0.25) is 0 Å². The number of imide groups is 1. The van der Waals surface area contributed by atoms with Gasteiger partial charge in [0.05, 0.1) is 0 Å². The molecule has 7 nitrogen and oxygen atoms in total. The largest absolute Gasteiger partial charge is 0.573 e. The lowest BCUT2D eigenvalue weighted by molar-refractivity contribution is -0.274. The molecule has 4 amide bonds. The highest BCUT2D eigenvalue weighted by Gasteiger charge is 2.51. The van der Waals surface area contributed by atoms with Crippen LogP contribution in [0.5, 0.6) is 5.75 Å². The molecule has 0 atom stereocenters. The maximum absolute atomic E-state index is 12.6. The average molecular weight is 385 g/mol. The normalized spacial score (nSPS) is 19.1. The molecule has 0 radical (unpaired) electrons. The molecule has 10 heteroatoms. The van der Waals surface area contributed by atoms with Gasteiger partial charge in [0.2, 0.25) is 5.91 Å². The lowest BCUT2D eigenvalue weighted by Crippen LogP contribution is -2.48. The van der Waals surface area contributed by atoms with Gasteiger partial charge >= 0.3 is 12.4 Å². The van der Waals surface area contributed by atoms with Crippen molar-refractivity contribution >= 4 is 23.5 Å². The van der Waals surface area contributed by atoms with Crippen molar-refractivity contribution in [3.05, 3.63) is 24.3 Å². The molecule has 0 bridgehead atoms. The topological polar surface area (TPSA) is 87.7 Å². The Labute approximate surface area is 152 Å². The summed E-state index contributed by atoms with van der Waals surface area (Å²) in [6.45, 7) is -0.465. The van der Waals surface area contributed by atoms with Crippen molar-refractivity contribution in [2.24, 2.45) is 0 Å². The molecule has 1 aliphatic heterocycles. The summed E-state index contributed by atoms with van der Waals surface area (Å²) in [6, 6.07) is 3.95.